The Hall–Kier alpha value is -2.69. The topological polar surface area (TPSA) is 79.3 Å². The van der Waals surface area contributed by atoms with Crippen molar-refractivity contribution in [1.82, 2.24) is 4.98 Å². The molecule has 5 heteroatoms. The van der Waals surface area contributed by atoms with Gasteiger partial charge >= 0.3 is 5.97 Å². The molecule has 2 aromatic rings. The van der Waals surface area contributed by atoms with Crippen LogP contribution in [0.5, 0.6) is 0 Å². The van der Waals surface area contributed by atoms with Gasteiger partial charge in [0.1, 0.15) is 0 Å². The summed E-state index contributed by atoms with van der Waals surface area (Å²) in [5.41, 5.74) is 2.51. The molecule has 0 aliphatic rings. The van der Waals surface area contributed by atoms with Crippen LogP contribution in [-0.2, 0) is 0 Å². The van der Waals surface area contributed by atoms with Gasteiger partial charge in [-0.15, -0.1) is 0 Å². The van der Waals surface area contributed by atoms with E-state index in [9.17, 15) is 9.59 Å². The molecule has 0 saturated heterocycles. The highest BCUT2D eigenvalue weighted by molar-refractivity contribution is 6.04. The molecule has 1 amide bonds. The van der Waals surface area contributed by atoms with Gasteiger partial charge in [-0.3, -0.25) is 9.78 Å². The van der Waals surface area contributed by atoms with E-state index >= 15 is 0 Å². The molecule has 0 aliphatic carbocycles. The van der Waals surface area contributed by atoms with Crippen molar-refractivity contribution in [2.24, 2.45) is 0 Å². The smallest absolute Gasteiger partial charge is 0.336 e. The van der Waals surface area contributed by atoms with Crippen molar-refractivity contribution < 1.29 is 14.7 Å². The Bertz CT molecular complexity index is 663. The van der Waals surface area contributed by atoms with Crippen LogP contribution in [0.1, 0.15) is 32.0 Å². The molecule has 0 atom stereocenters. The third-order valence-corrected chi connectivity index (χ3v) is 2.90. The van der Waals surface area contributed by atoms with Gasteiger partial charge in [0.15, 0.2) is 0 Å². The molecule has 0 aliphatic heterocycles. The number of nitrogens with zero attached hydrogens (tertiary/aromatic N) is 1. The van der Waals surface area contributed by atoms with Gasteiger partial charge in [0.05, 0.1) is 11.1 Å². The fourth-order valence-electron chi connectivity index (χ4n) is 1.74. The van der Waals surface area contributed by atoms with Crippen molar-refractivity contribution in [3.8, 4) is 0 Å². The Labute approximate surface area is 116 Å². The van der Waals surface area contributed by atoms with Gasteiger partial charge in [-0.2, -0.15) is 0 Å². The van der Waals surface area contributed by atoms with E-state index in [4.69, 9.17) is 5.11 Å². The molecule has 0 unspecified atom stereocenters. The highest BCUT2D eigenvalue weighted by Crippen LogP contribution is 2.16. The van der Waals surface area contributed by atoms with Gasteiger partial charge in [-0.05, 0) is 43.7 Å². The number of pyridine rings is 1. The first kappa shape index (κ1) is 13.7. The number of benzene rings is 1. The van der Waals surface area contributed by atoms with Crippen LogP contribution in [0.3, 0.4) is 0 Å². The predicted octanol–water partition coefficient (Wildman–Crippen LogP) is 2.65. The number of anilines is 1. The van der Waals surface area contributed by atoms with E-state index in [1.807, 2.05) is 6.92 Å². The molecule has 102 valence electrons. The molecule has 0 bridgehead atoms. The standard InChI is InChI=1S/C15H14N2O3/c1-9-3-6-12(7-13(9)15(19)20)17-14(18)11-5-4-10(2)16-8-11/h3-8H,1-2H3,(H,17,18)(H,19,20). The number of amides is 1. The van der Waals surface area contributed by atoms with Crippen LogP contribution in [0.15, 0.2) is 36.5 Å². The van der Waals surface area contributed by atoms with Gasteiger partial charge in [0.25, 0.3) is 5.91 Å². The van der Waals surface area contributed by atoms with Crippen molar-refractivity contribution in [2.75, 3.05) is 5.32 Å². The highest BCUT2D eigenvalue weighted by Gasteiger charge is 2.10. The molecule has 1 heterocycles. The molecule has 2 N–H and O–H groups in total. The number of rotatable bonds is 3. The van der Waals surface area contributed by atoms with E-state index in [2.05, 4.69) is 10.3 Å². The van der Waals surface area contributed by atoms with Crippen LogP contribution in [0, 0.1) is 13.8 Å². The molecule has 0 radical (unpaired) electrons. The number of carboxylic acid groups (broad SMARTS) is 1. The Morgan fingerprint density at radius 3 is 2.50 bits per heavy atom. The second kappa shape index (κ2) is 5.52. The van der Waals surface area contributed by atoms with Crippen molar-refractivity contribution in [3.05, 3.63) is 58.9 Å². The summed E-state index contributed by atoms with van der Waals surface area (Å²) in [5, 5.41) is 11.7. The maximum atomic E-state index is 12.0. The number of hydrogen-bond donors (Lipinski definition) is 2. The second-order valence-electron chi connectivity index (χ2n) is 4.48. The third-order valence-electron chi connectivity index (χ3n) is 2.90. The first-order valence-electron chi connectivity index (χ1n) is 6.05. The van der Waals surface area contributed by atoms with Crippen LogP contribution in [-0.4, -0.2) is 22.0 Å². The maximum absolute atomic E-state index is 12.0. The Morgan fingerprint density at radius 2 is 1.90 bits per heavy atom. The van der Waals surface area contributed by atoms with Crippen molar-refractivity contribution >= 4 is 17.6 Å². The van der Waals surface area contributed by atoms with Crippen LogP contribution in [0.4, 0.5) is 5.69 Å². The molecule has 2 rings (SSSR count). The minimum Gasteiger partial charge on any atom is -0.478 e. The minimum atomic E-state index is -1.02. The quantitative estimate of drug-likeness (QED) is 0.898. The third kappa shape index (κ3) is 3.00. The molecule has 0 fully saturated rings. The lowest BCUT2D eigenvalue weighted by Gasteiger charge is -2.08. The predicted molar refractivity (Wildman–Crippen MR) is 75.1 cm³/mol. The second-order valence-corrected chi connectivity index (χ2v) is 4.48. The van der Waals surface area contributed by atoms with E-state index in [1.54, 1.807) is 31.2 Å². The molecule has 1 aromatic heterocycles. The van der Waals surface area contributed by atoms with Gasteiger partial charge in [0, 0.05) is 17.6 Å². The molecule has 1 aromatic carbocycles. The number of nitrogens with one attached hydrogen (secondary N) is 1. The van der Waals surface area contributed by atoms with E-state index in [0.29, 0.717) is 16.8 Å². The number of hydrogen-bond acceptors (Lipinski definition) is 3. The van der Waals surface area contributed by atoms with Gasteiger partial charge in [-0.1, -0.05) is 6.07 Å². The summed E-state index contributed by atoms with van der Waals surface area (Å²) in [6, 6.07) is 8.18. The summed E-state index contributed by atoms with van der Waals surface area (Å²) in [4.78, 5) is 27.1. The summed E-state index contributed by atoms with van der Waals surface area (Å²) in [6.45, 7) is 3.54. The first-order chi connectivity index (χ1) is 9.47. The Balaban J connectivity index is 2.21. The number of carbonyl (C=O) groups excluding carboxylic acids is 1. The van der Waals surface area contributed by atoms with Crippen LogP contribution in [0.2, 0.25) is 0 Å². The van der Waals surface area contributed by atoms with Gasteiger partial charge in [-0.25, -0.2) is 4.79 Å². The number of aromatic carboxylic acids is 1. The fraction of sp³-hybridized carbons (Fsp3) is 0.133. The molecule has 20 heavy (non-hydrogen) atoms. The highest BCUT2D eigenvalue weighted by atomic mass is 16.4. The monoisotopic (exact) mass is 270 g/mol. The summed E-state index contributed by atoms with van der Waals surface area (Å²) in [7, 11) is 0. The lowest BCUT2D eigenvalue weighted by atomic mass is 10.1. The van der Waals surface area contributed by atoms with Crippen molar-refractivity contribution in [1.29, 1.82) is 0 Å². The zero-order chi connectivity index (χ0) is 14.7. The summed E-state index contributed by atoms with van der Waals surface area (Å²) >= 11 is 0. The van der Waals surface area contributed by atoms with Crippen LogP contribution < -0.4 is 5.32 Å². The van der Waals surface area contributed by atoms with Crippen molar-refractivity contribution in [2.45, 2.75) is 13.8 Å². The van der Waals surface area contributed by atoms with Gasteiger partial charge < -0.3 is 10.4 Å². The fourth-order valence-corrected chi connectivity index (χ4v) is 1.74. The Morgan fingerprint density at radius 1 is 1.15 bits per heavy atom. The number of aromatic nitrogens is 1. The zero-order valence-corrected chi connectivity index (χ0v) is 11.2. The molecule has 5 nitrogen and oxygen atoms in total. The maximum Gasteiger partial charge on any atom is 0.336 e. The summed E-state index contributed by atoms with van der Waals surface area (Å²) in [5.74, 6) is -1.34. The number of carbonyl (C=O) groups is 2. The number of carboxylic acids is 1. The van der Waals surface area contributed by atoms with E-state index in [1.165, 1.54) is 12.3 Å². The lowest BCUT2D eigenvalue weighted by Crippen LogP contribution is -2.13. The minimum absolute atomic E-state index is 0.171. The molecular weight excluding hydrogens is 256 g/mol. The zero-order valence-electron chi connectivity index (χ0n) is 11.2. The van der Waals surface area contributed by atoms with Gasteiger partial charge in [0.2, 0.25) is 0 Å². The largest absolute Gasteiger partial charge is 0.478 e. The SMILES string of the molecule is Cc1ccc(C(=O)Nc2ccc(C)c(C(=O)O)c2)cn1. The molecule has 0 spiro atoms. The average molecular weight is 270 g/mol. The van der Waals surface area contributed by atoms with Crippen LogP contribution >= 0.6 is 0 Å². The summed E-state index contributed by atoms with van der Waals surface area (Å²) < 4.78 is 0. The first-order valence-corrected chi connectivity index (χ1v) is 6.05. The normalized spacial score (nSPS) is 10.1. The molecule has 0 saturated carbocycles. The van der Waals surface area contributed by atoms with E-state index in [0.717, 1.165) is 5.69 Å². The van der Waals surface area contributed by atoms with E-state index in [-0.39, 0.29) is 11.5 Å². The Kier molecular flexibility index (Phi) is 3.79. The van der Waals surface area contributed by atoms with Crippen molar-refractivity contribution in [3.63, 3.8) is 0 Å². The lowest BCUT2D eigenvalue weighted by molar-refractivity contribution is 0.0695. The summed E-state index contributed by atoms with van der Waals surface area (Å²) in [6.07, 6.45) is 1.48. The average Bonchev–Trinajstić information content (AvgIpc) is 2.41. The molecular formula is C15H14N2O3. The number of aryl methyl sites for hydroxylation is 2. The van der Waals surface area contributed by atoms with Crippen LogP contribution in [0.25, 0.3) is 0 Å². The van der Waals surface area contributed by atoms with E-state index < -0.39 is 5.97 Å².